The Balaban J connectivity index is 0.000000228. The van der Waals surface area contributed by atoms with Crippen LogP contribution in [0, 0.1) is 17.0 Å². The van der Waals surface area contributed by atoms with Crippen molar-refractivity contribution in [2.75, 3.05) is 60.1 Å². The summed E-state index contributed by atoms with van der Waals surface area (Å²) < 4.78 is 29.6. The molecular formula is C22H37F2N3O2. The Morgan fingerprint density at radius 1 is 1.10 bits per heavy atom. The Bertz CT molecular complexity index is 569. The van der Waals surface area contributed by atoms with Gasteiger partial charge in [0, 0.05) is 31.8 Å². The number of nitrogens with one attached hydrogen (secondary N) is 1. The van der Waals surface area contributed by atoms with Crippen LogP contribution in [0.25, 0.3) is 0 Å². The van der Waals surface area contributed by atoms with Gasteiger partial charge in [-0.3, -0.25) is 4.90 Å². The van der Waals surface area contributed by atoms with Gasteiger partial charge in [-0.2, -0.15) is 0 Å². The number of rotatable bonds is 2. The summed E-state index contributed by atoms with van der Waals surface area (Å²) in [5.41, 5.74) is 0.599. The fourth-order valence-corrected chi connectivity index (χ4v) is 4.47. The molecule has 0 amide bonds. The highest BCUT2D eigenvalue weighted by atomic mass is 19.1. The SMILES string of the molecule is CCO.CNC1COCC(N2CCC3(CCN(C)C3)C2)C1.Fc1ccc(F)cc1. The second-order valence-corrected chi connectivity index (χ2v) is 8.37. The van der Waals surface area contributed by atoms with Crippen LogP contribution in [-0.2, 0) is 4.74 Å². The summed E-state index contributed by atoms with van der Waals surface area (Å²) in [6.45, 7) is 8.90. The van der Waals surface area contributed by atoms with E-state index in [0.717, 1.165) is 37.5 Å². The lowest BCUT2D eigenvalue weighted by Crippen LogP contribution is -2.48. The molecule has 0 aliphatic carbocycles. The summed E-state index contributed by atoms with van der Waals surface area (Å²) in [7, 11) is 4.31. The monoisotopic (exact) mass is 413 g/mol. The summed E-state index contributed by atoms with van der Waals surface area (Å²) in [6.07, 6.45) is 4.03. The average Bonchev–Trinajstić information content (AvgIpc) is 3.31. The van der Waals surface area contributed by atoms with Crippen molar-refractivity contribution in [1.82, 2.24) is 15.1 Å². The lowest BCUT2D eigenvalue weighted by atomic mass is 9.86. The maximum Gasteiger partial charge on any atom is 0.123 e. The van der Waals surface area contributed by atoms with E-state index in [1.54, 1.807) is 6.92 Å². The third-order valence-corrected chi connectivity index (χ3v) is 6.01. The molecule has 3 heterocycles. The first kappa shape index (κ1) is 24.2. The number of hydrogen-bond donors (Lipinski definition) is 2. The van der Waals surface area contributed by atoms with Crippen molar-refractivity contribution in [3.63, 3.8) is 0 Å². The van der Waals surface area contributed by atoms with Crippen molar-refractivity contribution in [3.05, 3.63) is 35.9 Å². The number of aliphatic hydroxyl groups excluding tert-OH is 1. The Kier molecular flexibility index (Phi) is 9.92. The molecule has 2 N–H and O–H groups in total. The average molecular weight is 414 g/mol. The fourth-order valence-electron chi connectivity index (χ4n) is 4.47. The van der Waals surface area contributed by atoms with Crippen molar-refractivity contribution in [2.24, 2.45) is 5.41 Å². The molecule has 3 saturated heterocycles. The first-order chi connectivity index (χ1) is 13.9. The van der Waals surface area contributed by atoms with Crippen molar-refractivity contribution in [3.8, 4) is 0 Å². The maximum atomic E-state index is 11.9. The van der Waals surface area contributed by atoms with Gasteiger partial charge in [0.05, 0.1) is 13.2 Å². The van der Waals surface area contributed by atoms with Crippen molar-refractivity contribution in [2.45, 2.75) is 38.3 Å². The Labute approximate surface area is 174 Å². The molecule has 3 atom stereocenters. The van der Waals surface area contributed by atoms with Crippen molar-refractivity contribution in [1.29, 1.82) is 0 Å². The van der Waals surface area contributed by atoms with Gasteiger partial charge in [-0.15, -0.1) is 0 Å². The number of hydrogen-bond acceptors (Lipinski definition) is 5. The van der Waals surface area contributed by atoms with Gasteiger partial charge in [0.1, 0.15) is 11.6 Å². The highest BCUT2D eigenvalue weighted by molar-refractivity contribution is 5.04. The summed E-state index contributed by atoms with van der Waals surface area (Å²) in [4.78, 5) is 5.19. The van der Waals surface area contributed by atoms with Crippen molar-refractivity contribution < 1.29 is 18.6 Å². The van der Waals surface area contributed by atoms with Gasteiger partial charge in [-0.05, 0) is 83.1 Å². The topological polar surface area (TPSA) is 48.0 Å². The Morgan fingerprint density at radius 2 is 1.69 bits per heavy atom. The molecule has 7 heteroatoms. The van der Waals surface area contributed by atoms with Crippen LogP contribution in [0.5, 0.6) is 0 Å². The molecule has 1 spiro atoms. The molecule has 5 nitrogen and oxygen atoms in total. The van der Waals surface area contributed by atoms with Crippen molar-refractivity contribution >= 4 is 0 Å². The van der Waals surface area contributed by atoms with E-state index in [-0.39, 0.29) is 6.61 Å². The standard InChI is InChI=1S/C14H27N3O.C6H4F2.C2H6O/c1-15-12-7-13(9-18-8-12)17-6-4-14(11-17)3-5-16(2)10-14;7-5-1-2-6(8)4-3-5;1-2-3/h12-13,15H,3-11H2,1-2H3;1-4H;3H,2H2,1H3. The Morgan fingerprint density at radius 3 is 2.21 bits per heavy atom. The zero-order valence-corrected chi connectivity index (χ0v) is 18.0. The molecule has 4 rings (SSSR count). The van der Waals surface area contributed by atoms with Crippen LogP contribution in [0.3, 0.4) is 0 Å². The van der Waals surface area contributed by atoms with Crippen LogP contribution < -0.4 is 5.32 Å². The van der Waals surface area contributed by atoms with Crippen LogP contribution in [-0.4, -0.2) is 87.1 Å². The molecule has 0 aromatic heterocycles. The van der Waals surface area contributed by atoms with E-state index in [1.807, 2.05) is 7.05 Å². The van der Waals surface area contributed by atoms with Crippen LogP contribution >= 0.6 is 0 Å². The minimum Gasteiger partial charge on any atom is -0.397 e. The molecule has 3 aliphatic heterocycles. The number of aliphatic hydroxyl groups is 1. The molecule has 0 bridgehead atoms. The normalized spacial score (nSPS) is 29.9. The van der Waals surface area contributed by atoms with Gasteiger partial charge >= 0.3 is 0 Å². The minimum absolute atomic E-state index is 0.250. The molecule has 1 aromatic rings. The largest absolute Gasteiger partial charge is 0.397 e. The molecular weight excluding hydrogens is 376 g/mol. The molecule has 0 saturated carbocycles. The van der Waals surface area contributed by atoms with Gasteiger partial charge in [0.2, 0.25) is 0 Å². The van der Waals surface area contributed by atoms with Crippen LogP contribution in [0.2, 0.25) is 0 Å². The number of ether oxygens (including phenoxy) is 1. The number of halogens is 2. The van der Waals surface area contributed by atoms with E-state index in [9.17, 15) is 8.78 Å². The van der Waals surface area contributed by atoms with Crippen LogP contribution in [0.1, 0.15) is 26.2 Å². The zero-order chi connectivity index (χ0) is 21.3. The second kappa shape index (κ2) is 11.9. The smallest absolute Gasteiger partial charge is 0.123 e. The van der Waals surface area contributed by atoms with Gasteiger partial charge in [-0.25, -0.2) is 8.78 Å². The fraction of sp³-hybridized carbons (Fsp3) is 0.727. The molecule has 3 aliphatic rings. The third kappa shape index (κ3) is 7.57. The lowest BCUT2D eigenvalue weighted by molar-refractivity contribution is 0.00521. The summed E-state index contributed by atoms with van der Waals surface area (Å²) in [5.74, 6) is -0.821. The van der Waals surface area contributed by atoms with Crippen LogP contribution in [0.15, 0.2) is 24.3 Å². The van der Waals surface area contributed by atoms with Gasteiger partial charge in [-0.1, -0.05) is 0 Å². The first-order valence-electron chi connectivity index (χ1n) is 10.6. The number of benzene rings is 1. The highest BCUT2D eigenvalue weighted by Gasteiger charge is 2.44. The molecule has 3 fully saturated rings. The highest BCUT2D eigenvalue weighted by Crippen LogP contribution is 2.40. The third-order valence-electron chi connectivity index (χ3n) is 6.01. The zero-order valence-electron chi connectivity index (χ0n) is 18.0. The quantitative estimate of drug-likeness (QED) is 0.780. The van der Waals surface area contributed by atoms with Gasteiger partial charge < -0.3 is 20.1 Å². The predicted molar refractivity (Wildman–Crippen MR) is 112 cm³/mol. The van der Waals surface area contributed by atoms with E-state index >= 15 is 0 Å². The molecule has 29 heavy (non-hydrogen) atoms. The summed E-state index contributed by atoms with van der Waals surface area (Å²) in [6, 6.07) is 5.50. The maximum absolute atomic E-state index is 11.9. The lowest BCUT2D eigenvalue weighted by Gasteiger charge is -2.36. The number of likely N-dealkylation sites (N-methyl/N-ethyl adjacent to an activating group) is 1. The van der Waals surface area contributed by atoms with E-state index in [2.05, 4.69) is 22.2 Å². The second-order valence-electron chi connectivity index (χ2n) is 8.37. The summed E-state index contributed by atoms with van der Waals surface area (Å²) in [5, 5.41) is 10.9. The molecule has 3 unspecified atom stereocenters. The van der Waals surface area contributed by atoms with E-state index in [1.165, 1.54) is 45.4 Å². The van der Waals surface area contributed by atoms with E-state index in [4.69, 9.17) is 9.84 Å². The minimum atomic E-state index is -0.411. The molecule has 166 valence electrons. The van der Waals surface area contributed by atoms with Gasteiger partial charge in [0.25, 0.3) is 0 Å². The Hall–Kier alpha value is -1.12. The van der Waals surface area contributed by atoms with Crippen LogP contribution in [0.4, 0.5) is 8.78 Å². The molecule has 0 radical (unpaired) electrons. The van der Waals surface area contributed by atoms with E-state index in [0.29, 0.717) is 17.5 Å². The van der Waals surface area contributed by atoms with Gasteiger partial charge in [0.15, 0.2) is 0 Å². The predicted octanol–water partition coefficient (Wildman–Crippen LogP) is 2.35. The number of likely N-dealkylation sites (tertiary alicyclic amines) is 2. The molecule has 1 aromatic carbocycles. The number of nitrogens with zero attached hydrogens (tertiary/aromatic N) is 2. The first-order valence-corrected chi connectivity index (χ1v) is 10.6. The van der Waals surface area contributed by atoms with E-state index < -0.39 is 11.6 Å². The summed E-state index contributed by atoms with van der Waals surface area (Å²) >= 11 is 0.